The number of carbonyl (C=O) groups excluding carboxylic acids is 1. The second kappa shape index (κ2) is 10.5. The Morgan fingerprint density at radius 2 is 1.37 bits per heavy atom. The van der Waals surface area contributed by atoms with Crippen molar-refractivity contribution in [3.8, 4) is 0 Å². The number of carbonyl (C=O) groups is 1. The molecule has 1 amide bonds. The number of hydrogen-bond acceptors (Lipinski definition) is 3. The molecule has 0 radical (unpaired) electrons. The normalized spacial score (nSPS) is 11.7. The van der Waals surface area contributed by atoms with Crippen LogP contribution in [0.4, 0.5) is 15.8 Å². The van der Waals surface area contributed by atoms with Gasteiger partial charge in [-0.3, -0.25) is 9.52 Å². The van der Waals surface area contributed by atoms with E-state index >= 15 is 0 Å². The fourth-order valence-electron chi connectivity index (χ4n) is 3.29. The third-order valence-electron chi connectivity index (χ3n) is 5.05. The lowest BCUT2D eigenvalue weighted by Gasteiger charge is -2.12. The van der Waals surface area contributed by atoms with Crippen LogP contribution >= 0.6 is 11.6 Å². The summed E-state index contributed by atoms with van der Waals surface area (Å²) in [5.74, 6) is -0.845. The molecular formula is C27H20ClFN2O3S. The quantitative estimate of drug-likeness (QED) is 0.223. The van der Waals surface area contributed by atoms with E-state index in [2.05, 4.69) is 10.0 Å². The van der Waals surface area contributed by atoms with Gasteiger partial charge in [0.25, 0.3) is 15.9 Å². The van der Waals surface area contributed by atoms with E-state index in [1.807, 2.05) is 48.5 Å². The summed E-state index contributed by atoms with van der Waals surface area (Å²) in [5, 5.41) is 3.32. The van der Waals surface area contributed by atoms with Gasteiger partial charge in [-0.1, -0.05) is 60.1 Å². The minimum atomic E-state index is -3.89. The van der Waals surface area contributed by atoms with E-state index in [0.29, 0.717) is 27.4 Å². The van der Waals surface area contributed by atoms with Crippen molar-refractivity contribution in [3.63, 3.8) is 0 Å². The van der Waals surface area contributed by atoms with Crippen LogP contribution in [-0.4, -0.2) is 14.3 Å². The van der Waals surface area contributed by atoms with Gasteiger partial charge in [-0.25, -0.2) is 12.8 Å². The van der Waals surface area contributed by atoms with Crippen LogP contribution in [0.5, 0.6) is 0 Å². The maximum absolute atomic E-state index is 13.2. The molecule has 4 rings (SSSR count). The topological polar surface area (TPSA) is 75.3 Å². The monoisotopic (exact) mass is 506 g/mol. The Kier molecular flexibility index (Phi) is 7.29. The highest BCUT2D eigenvalue weighted by atomic mass is 35.5. The summed E-state index contributed by atoms with van der Waals surface area (Å²) >= 11 is 6.29. The van der Waals surface area contributed by atoms with Gasteiger partial charge in [0.15, 0.2) is 0 Å². The molecule has 8 heteroatoms. The average molecular weight is 507 g/mol. The fourth-order valence-corrected chi connectivity index (χ4v) is 4.54. The molecule has 0 aromatic heterocycles. The second-order valence-corrected chi connectivity index (χ2v) is 9.63. The van der Waals surface area contributed by atoms with Gasteiger partial charge in [-0.2, -0.15) is 0 Å². The standard InChI is InChI=1S/C27H20ClFN2O3S/c28-26-9-5-4-8-20(26)18-25(19-6-2-1-3-7-19)27(32)30-22-14-16-24(17-15-22)35(33,34)31-23-12-10-21(29)11-13-23/h1-18,31H,(H,30,32). The Balaban J connectivity index is 1.56. The highest BCUT2D eigenvalue weighted by Gasteiger charge is 2.16. The zero-order valence-electron chi connectivity index (χ0n) is 18.3. The smallest absolute Gasteiger partial charge is 0.261 e. The van der Waals surface area contributed by atoms with Crippen molar-refractivity contribution in [1.82, 2.24) is 0 Å². The summed E-state index contributed by atoms with van der Waals surface area (Å²) in [4.78, 5) is 13.2. The van der Waals surface area contributed by atoms with E-state index in [9.17, 15) is 17.6 Å². The molecule has 0 aliphatic carbocycles. The number of sulfonamides is 1. The third-order valence-corrected chi connectivity index (χ3v) is 6.79. The van der Waals surface area contributed by atoms with Gasteiger partial charge in [0, 0.05) is 22.0 Å². The molecule has 0 bridgehead atoms. The van der Waals surface area contributed by atoms with Crippen LogP contribution < -0.4 is 10.0 Å². The summed E-state index contributed by atoms with van der Waals surface area (Å²) in [7, 11) is -3.89. The number of halogens is 2. The summed E-state index contributed by atoms with van der Waals surface area (Å²) < 4.78 is 40.7. The summed E-state index contributed by atoms with van der Waals surface area (Å²) in [6.45, 7) is 0. The second-order valence-electron chi connectivity index (χ2n) is 7.54. The third kappa shape index (κ3) is 6.15. The Labute approximate surface area is 207 Å². The molecule has 2 N–H and O–H groups in total. The van der Waals surface area contributed by atoms with Crippen molar-refractivity contribution in [2.75, 3.05) is 10.0 Å². The summed E-state index contributed by atoms with van der Waals surface area (Å²) in [5.41, 5.74) is 2.44. The molecule has 0 fully saturated rings. The zero-order chi connectivity index (χ0) is 24.8. The molecule has 0 atom stereocenters. The van der Waals surface area contributed by atoms with Crippen LogP contribution in [0.1, 0.15) is 11.1 Å². The maximum atomic E-state index is 13.2. The first kappa shape index (κ1) is 24.2. The molecule has 0 aliphatic rings. The molecule has 4 aromatic rings. The predicted octanol–water partition coefficient (Wildman–Crippen LogP) is 6.46. The number of amides is 1. The van der Waals surface area contributed by atoms with E-state index in [4.69, 9.17) is 11.6 Å². The van der Waals surface area contributed by atoms with Crippen molar-refractivity contribution in [1.29, 1.82) is 0 Å². The van der Waals surface area contributed by atoms with Gasteiger partial charge in [-0.05, 0) is 71.8 Å². The van der Waals surface area contributed by atoms with Crippen LogP contribution in [0.25, 0.3) is 11.6 Å². The fraction of sp³-hybridized carbons (Fsp3) is 0. The Bertz CT molecular complexity index is 1470. The van der Waals surface area contributed by atoms with Gasteiger partial charge in [0.1, 0.15) is 5.82 Å². The minimum absolute atomic E-state index is 0.00489. The summed E-state index contributed by atoms with van der Waals surface area (Å²) in [6, 6.07) is 27.1. The molecule has 0 unspecified atom stereocenters. The summed E-state index contributed by atoms with van der Waals surface area (Å²) in [6.07, 6.45) is 1.71. The number of rotatable bonds is 7. The lowest BCUT2D eigenvalue weighted by Crippen LogP contribution is -2.15. The van der Waals surface area contributed by atoms with E-state index < -0.39 is 15.8 Å². The van der Waals surface area contributed by atoms with Gasteiger partial charge in [0.2, 0.25) is 0 Å². The molecule has 0 spiro atoms. The van der Waals surface area contributed by atoms with Crippen molar-refractivity contribution < 1.29 is 17.6 Å². The molecule has 0 aliphatic heterocycles. The molecule has 4 aromatic carbocycles. The van der Waals surface area contributed by atoms with Crippen molar-refractivity contribution in [2.24, 2.45) is 0 Å². The Morgan fingerprint density at radius 1 is 0.771 bits per heavy atom. The van der Waals surface area contributed by atoms with Gasteiger partial charge >= 0.3 is 0 Å². The molecule has 0 saturated heterocycles. The Hall–Kier alpha value is -3.94. The predicted molar refractivity (Wildman–Crippen MR) is 138 cm³/mol. The minimum Gasteiger partial charge on any atom is -0.322 e. The number of anilines is 2. The molecule has 0 saturated carbocycles. The number of hydrogen-bond donors (Lipinski definition) is 2. The first-order chi connectivity index (χ1) is 16.8. The highest BCUT2D eigenvalue weighted by molar-refractivity contribution is 7.92. The van der Waals surface area contributed by atoms with Gasteiger partial charge in [-0.15, -0.1) is 0 Å². The molecule has 5 nitrogen and oxygen atoms in total. The van der Waals surface area contributed by atoms with Crippen LogP contribution in [0, 0.1) is 5.82 Å². The van der Waals surface area contributed by atoms with Crippen LogP contribution in [0.3, 0.4) is 0 Å². The largest absolute Gasteiger partial charge is 0.322 e. The zero-order valence-corrected chi connectivity index (χ0v) is 19.9. The molecule has 176 valence electrons. The van der Waals surface area contributed by atoms with Crippen molar-refractivity contribution >= 4 is 50.6 Å². The van der Waals surface area contributed by atoms with Crippen LogP contribution in [0.2, 0.25) is 5.02 Å². The van der Waals surface area contributed by atoms with E-state index in [1.165, 1.54) is 36.4 Å². The molecular weight excluding hydrogens is 487 g/mol. The number of benzene rings is 4. The van der Waals surface area contributed by atoms with E-state index in [1.54, 1.807) is 12.1 Å². The average Bonchev–Trinajstić information content (AvgIpc) is 2.85. The van der Waals surface area contributed by atoms with Gasteiger partial charge < -0.3 is 5.32 Å². The van der Waals surface area contributed by atoms with E-state index in [-0.39, 0.29) is 16.5 Å². The number of nitrogens with one attached hydrogen (secondary N) is 2. The maximum Gasteiger partial charge on any atom is 0.261 e. The SMILES string of the molecule is O=C(Nc1ccc(S(=O)(=O)Nc2ccc(F)cc2)cc1)C(=Cc1ccccc1Cl)c1ccccc1. The Morgan fingerprint density at radius 3 is 2.03 bits per heavy atom. The lowest BCUT2D eigenvalue weighted by atomic mass is 10.0. The highest BCUT2D eigenvalue weighted by Crippen LogP contribution is 2.25. The van der Waals surface area contributed by atoms with Gasteiger partial charge in [0.05, 0.1) is 4.90 Å². The first-order valence-electron chi connectivity index (χ1n) is 10.5. The van der Waals surface area contributed by atoms with Crippen LogP contribution in [-0.2, 0) is 14.8 Å². The molecule has 0 heterocycles. The first-order valence-corrected chi connectivity index (χ1v) is 12.4. The van der Waals surface area contributed by atoms with Crippen molar-refractivity contribution in [3.05, 3.63) is 125 Å². The van der Waals surface area contributed by atoms with Crippen LogP contribution in [0.15, 0.2) is 108 Å². The molecule has 35 heavy (non-hydrogen) atoms. The lowest BCUT2D eigenvalue weighted by molar-refractivity contribution is -0.111. The van der Waals surface area contributed by atoms with E-state index in [0.717, 1.165) is 12.1 Å². The van der Waals surface area contributed by atoms with Crippen molar-refractivity contribution in [2.45, 2.75) is 4.90 Å².